The molecule has 3 heterocycles. The van der Waals surface area contributed by atoms with Gasteiger partial charge in [-0.15, -0.1) is 0 Å². The van der Waals surface area contributed by atoms with E-state index < -0.39 is 29.6 Å². The molecule has 3 amide bonds. The topological polar surface area (TPSA) is 120 Å². The molecule has 6 atom stereocenters. The second kappa shape index (κ2) is 13.2. The molecule has 232 valence electrons. The minimum Gasteiger partial charge on any atom is -0.494 e. The highest BCUT2D eigenvalue weighted by molar-refractivity contribution is 9.09. The van der Waals surface area contributed by atoms with Crippen molar-refractivity contribution >= 4 is 50.7 Å². The van der Waals surface area contributed by atoms with Crippen LogP contribution in [0.5, 0.6) is 5.75 Å². The number of aliphatic hydroxyl groups is 1. The number of alkyl halides is 1. The molecular weight excluding hydrogens is 616 g/mol. The summed E-state index contributed by atoms with van der Waals surface area (Å²) in [5.74, 6) is -1.80. The first-order valence-electron chi connectivity index (χ1n) is 15.2. The van der Waals surface area contributed by atoms with Gasteiger partial charge in [-0.05, 0) is 88.6 Å². The van der Waals surface area contributed by atoms with Crippen LogP contribution in [0, 0.1) is 11.8 Å². The van der Waals surface area contributed by atoms with Crippen molar-refractivity contribution < 1.29 is 29.0 Å². The van der Waals surface area contributed by atoms with Crippen molar-refractivity contribution in [3.05, 3.63) is 48.5 Å². The smallest absolute Gasteiger partial charge is 0.250 e. The van der Waals surface area contributed by atoms with Crippen LogP contribution in [0.1, 0.15) is 40.0 Å². The summed E-state index contributed by atoms with van der Waals surface area (Å²) in [6.07, 6.45) is 0.892. The Morgan fingerprint density at radius 2 is 1.65 bits per heavy atom. The van der Waals surface area contributed by atoms with E-state index in [1.54, 1.807) is 29.2 Å². The van der Waals surface area contributed by atoms with Crippen LogP contribution in [0.4, 0.5) is 17.1 Å². The van der Waals surface area contributed by atoms with Crippen LogP contribution < -0.4 is 20.3 Å². The SMILES string of the molecule is CCOc1ccc(NC(=O)[C@H]2[C@H]3C(=O)N(CCCCO)C(C(=O)Nc4ccc(N(CC)CC)cc4)C34CC(Br)[C@@H]2O4)cc1. The lowest BCUT2D eigenvalue weighted by atomic mass is 9.70. The van der Waals surface area contributed by atoms with Gasteiger partial charge in [-0.25, -0.2) is 0 Å². The van der Waals surface area contributed by atoms with Crippen LogP contribution in [-0.2, 0) is 19.1 Å². The maximum Gasteiger partial charge on any atom is 0.250 e. The number of ether oxygens (including phenoxy) is 2. The molecule has 5 rings (SSSR count). The van der Waals surface area contributed by atoms with E-state index in [1.807, 2.05) is 31.2 Å². The molecule has 2 aromatic carbocycles. The molecule has 3 aliphatic rings. The zero-order valence-corrected chi connectivity index (χ0v) is 26.5. The first-order chi connectivity index (χ1) is 20.8. The number of hydrogen-bond acceptors (Lipinski definition) is 7. The Hall–Kier alpha value is -3.15. The van der Waals surface area contributed by atoms with Crippen LogP contribution in [0.25, 0.3) is 0 Å². The summed E-state index contributed by atoms with van der Waals surface area (Å²) in [7, 11) is 0. The number of carbonyl (C=O) groups is 3. The van der Waals surface area contributed by atoms with E-state index in [-0.39, 0.29) is 35.7 Å². The predicted molar refractivity (Wildman–Crippen MR) is 169 cm³/mol. The lowest BCUT2D eigenvalue weighted by Gasteiger charge is -2.34. The van der Waals surface area contributed by atoms with E-state index in [9.17, 15) is 19.5 Å². The van der Waals surface area contributed by atoms with Gasteiger partial charge in [-0.2, -0.15) is 0 Å². The average Bonchev–Trinajstić information content (AvgIpc) is 3.59. The lowest BCUT2D eigenvalue weighted by molar-refractivity contribution is -0.139. The van der Waals surface area contributed by atoms with Gasteiger partial charge in [0.25, 0.3) is 0 Å². The number of likely N-dealkylation sites (tertiary alicyclic amines) is 1. The number of benzene rings is 2. The van der Waals surface area contributed by atoms with Gasteiger partial charge in [0.1, 0.15) is 17.4 Å². The molecule has 43 heavy (non-hydrogen) atoms. The Morgan fingerprint density at radius 1 is 1.02 bits per heavy atom. The third-order valence-electron chi connectivity index (χ3n) is 8.84. The summed E-state index contributed by atoms with van der Waals surface area (Å²) < 4.78 is 12.1. The molecule has 11 heteroatoms. The monoisotopic (exact) mass is 656 g/mol. The third-order valence-corrected chi connectivity index (χ3v) is 9.69. The maximum atomic E-state index is 14.1. The van der Waals surface area contributed by atoms with E-state index in [0.717, 1.165) is 18.8 Å². The molecule has 0 aromatic heterocycles. The molecule has 3 unspecified atom stereocenters. The third kappa shape index (κ3) is 5.86. The second-order valence-electron chi connectivity index (χ2n) is 11.3. The summed E-state index contributed by atoms with van der Waals surface area (Å²) >= 11 is 3.71. The highest BCUT2D eigenvalue weighted by atomic mass is 79.9. The molecule has 10 nitrogen and oxygen atoms in total. The van der Waals surface area contributed by atoms with Crippen molar-refractivity contribution in [2.75, 3.05) is 48.4 Å². The Balaban J connectivity index is 1.41. The molecule has 3 saturated heterocycles. The van der Waals surface area contributed by atoms with E-state index in [1.165, 1.54) is 0 Å². The molecule has 1 spiro atoms. The summed E-state index contributed by atoms with van der Waals surface area (Å²) in [5.41, 5.74) is 1.12. The van der Waals surface area contributed by atoms with Crippen LogP contribution in [0.3, 0.4) is 0 Å². The van der Waals surface area contributed by atoms with E-state index >= 15 is 0 Å². The zero-order chi connectivity index (χ0) is 30.7. The van der Waals surface area contributed by atoms with Crippen molar-refractivity contribution in [1.82, 2.24) is 4.90 Å². The molecule has 2 aromatic rings. The van der Waals surface area contributed by atoms with Crippen molar-refractivity contribution in [2.45, 2.75) is 62.6 Å². The molecule has 3 aliphatic heterocycles. The lowest BCUT2D eigenvalue weighted by Crippen LogP contribution is -2.54. The van der Waals surface area contributed by atoms with Crippen molar-refractivity contribution in [3.63, 3.8) is 0 Å². The average molecular weight is 658 g/mol. The fourth-order valence-electron chi connectivity index (χ4n) is 6.95. The largest absolute Gasteiger partial charge is 0.494 e. The van der Waals surface area contributed by atoms with E-state index in [4.69, 9.17) is 9.47 Å². The Labute approximate surface area is 261 Å². The van der Waals surface area contributed by atoms with Crippen LogP contribution in [0.15, 0.2) is 48.5 Å². The first-order valence-corrected chi connectivity index (χ1v) is 16.1. The number of halogens is 1. The van der Waals surface area contributed by atoms with Crippen LogP contribution >= 0.6 is 15.9 Å². The van der Waals surface area contributed by atoms with E-state index in [0.29, 0.717) is 43.0 Å². The highest BCUT2D eigenvalue weighted by Gasteiger charge is 2.76. The number of fused-ring (bicyclic) bond motifs is 1. The Kier molecular flexibility index (Phi) is 9.63. The summed E-state index contributed by atoms with van der Waals surface area (Å²) in [6.45, 7) is 8.65. The van der Waals surface area contributed by atoms with Gasteiger partial charge in [0.15, 0.2) is 0 Å². The summed E-state index contributed by atoms with van der Waals surface area (Å²) in [6, 6.07) is 13.8. The number of unbranched alkanes of at least 4 members (excludes halogenated alkanes) is 1. The number of amides is 3. The van der Waals surface area contributed by atoms with Crippen LogP contribution in [-0.4, -0.2) is 83.2 Å². The maximum absolute atomic E-state index is 14.1. The van der Waals surface area contributed by atoms with Gasteiger partial charge in [-0.1, -0.05) is 15.9 Å². The zero-order valence-electron chi connectivity index (χ0n) is 24.9. The standard InChI is InChI=1S/C32H41BrN4O6/c1-4-36(5-2)22-13-9-20(10-14-22)35-30(40)28-32-19-24(33)27(43-32)25(26(32)31(41)37(28)17-7-8-18-38)29(39)34-21-11-15-23(16-12-21)42-6-3/h9-16,24-28,38H,4-8,17-19H2,1-3H3,(H,34,39)(H,35,40)/t24?,25-,26-,27-,28?,32?/m0/s1. The van der Waals surface area contributed by atoms with Gasteiger partial charge < -0.3 is 35.0 Å². The molecule has 0 radical (unpaired) electrons. The minimum atomic E-state index is -1.15. The first kappa shape index (κ1) is 31.3. The number of aliphatic hydroxyl groups excluding tert-OH is 1. The number of nitrogens with one attached hydrogen (secondary N) is 2. The normalized spacial score (nSPS) is 27.2. The quantitative estimate of drug-likeness (QED) is 0.220. The predicted octanol–water partition coefficient (Wildman–Crippen LogP) is 4.03. The fourth-order valence-corrected chi connectivity index (χ4v) is 7.89. The number of nitrogens with zero attached hydrogens (tertiary/aromatic N) is 2. The van der Waals surface area contributed by atoms with Crippen molar-refractivity contribution in [2.24, 2.45) is 11.8 Å². The molecule has 3 N–H and O–H groups in total. The Morgan fingerprint density at radius 3 is 2.26 bits per heavy atom. The van der Waals surface area contributed by atoms with Gasteiger partial charge in [0.2, 0.25) is 17.7 Å². The molecule has 0 saturated carbocycles. The van der Waals surface area contributed by atoms with Gasteiger partial charge in [-0.3, -0.25) is 14.4 Å². The number of anilines is 3. The number of hydrogen-bond donors (Lipinski definition) is 3. The fraction of sp³-hybridized carbons (Fsp3) is 0.531. The van der Waals surface area contributed by atoms with Crippen LogP contribution in [0.2, 0.25) is 0 Å². The molecule has 2 bridgehead atoms. The molecular formula is C32H41BrN4O6. The van der Waals surface area contributed by atoms with Gasteiger partial charge in [0, 0.05) is 48.1 Å². The highest BCUT2D eigenvalue weighted by Crippen LogP contribution is 2.60. The second-order valence-corrected chi connectivity index (χ2v) is 12.5. The van der Waals surface area contributed by atoms with Crippen molar-refractivity contribution in [1.29, 1.82) is 0 Å². The van der Waals surface area contributed by atoms with E-state index in [2.05, 4.69) is 45.3 Å². The number of carbonyl (C=O) groups excluding carboxylic acids is 3. The van der Waals surface area contributed by atoms with Gasteiger partial charge >= 0.3 is 0 Å². The van der Waals surface area contributed by atoms with Crippen molar-refractivity contribution in [3.8, 4) is 5.75 Å². The summed E-state index contributed by atoms with van der Waals surface area (Å²) in [4.78, 5) is 45.5. The van der Waals surface area contributed by atoms with Gasteiger partial charge in [0.05, 0.1) is 24.5 Å². The molecule has 3 fully saturated rings. The summed E-state index contributed by atoms with van der Waals surface area (Å²) in [5, 5.41) is 15.4. The minimum absolute atomic E-state index is 0.0124. The number of rotatable bonds is 13. The molecule has 0 aliphatic carbocycles. The Bertz CT molecular complexity index is 1300.